The zero-order valence-electron chi connectivity index (χ0n) is 38.5. The van der Waals surface area contributed by atoms with Crippen LogP contribution in [0, 0.1) is 0 Å². The maximum atomic E-state index is 2.58. The second-order valence-electron chi connectivity index (χ2n) is 19.9. The second-order valence-corrected chi connectivity index (χ2v) is 19.9. The van der Waals surface area contributed by atoms with Gasteiger partial charge < -0.3 is 9.13 Å². The van der Waals surface area contributed by atoms with Gasteiger partial charge in [-0.2, -0.15) is 0 Å². The van der Waals surface area contributed by atoms with E-state index in [2.05, 4.69) is 247 Å². The molecule has 2 aliphatic carbocycles. The summed E-state index contributed by atoms with van der Waals surface area (Å²) < 4.78 is 5.03. The normalized spacial score (nSPS) is 15.2. The van der Waals surface area contributed by atoms with Crippen LogP contribution >= 0.6 is 0 Å². The zero-order valence-corrected chi connectivity index (χ0v) is 38.5. The van der Waals surface area contributed by atoms with E-state index in [1.54, 1.807) is 0 Å². The summed E-state index contributed by atoms with van der Waals surface area (Å²) in [6.45, 7) is 4.82. The summed E-state index contributed by atoms with van der Waals surface area (Å²) in [7, 11) is 0. The van der Waals surface area contributed by atoms with Crippen molar-refractivity contribution in [2.45, 2.75) is 31.7 Å². The molecule has 2 aromatic heterocycles. The van der Waals surface area contributed by atoms with Crippen LogP contribution in [0.5, 0.6) is 0 Å². The Bertz CT molecular complexity index is 4420. The average Bonchev–Trinajstić information content (AvgIpc) is 4.00. The predicted molar refractivity (Wildman–Crippen MR) is 294 cm³/mol. The highest BCUT2D eigenvalue weighted by molar-refractivity contribution is 6.27. The summed E-state index contributed by atoms with van der Waals surface area (Å²) in [6, 6.07) is 76.1. The fourth-order valence-electron chi connectivity index (χ4n) is 12.9. The smallest absolute Gasteiger partial charge is 0.0560 e. The van der Waals surface area contributed by atoms with Crippen LogP contribution in [0.3, 0.4) is 0 Å². The van der Waals surface area contributed by atoms with E-state index in [9.17, 15) is 0 Å². The minimum Gasteiger partial charge on any atom is -0.333 e. The maximum absolute atomic E-state index is 2.58. The number of hydrogen-bond acceptors (Lipinski definition) is 0. The molecule has 324 valence electrons. The van der Waals surface area contributed by atoms with Gasteiger partial charge in [0.05, 0.1) is 22.6 Å². The van der Waals surface area contributed by atoms with Gasteiger partial charge in [0.25, 0.3) is 0 Å². The van der Waals surface area contributed by atoms with Gasteiger partial charge in [0.1, 0.15) is 0 Å². The Morgan fingerprint density at radius 2 is 0.971 bits per heavy atom. The molecule has 2 nitrogen and oxygen atoms in total. The Kier molecular flexibility index (Phi) is 7.99. The molecule has 69 heavy (non-hydrogen) atoms. The fraction of sp³-hybridized carbons (Fsp3) is 0.0746. The molecule has 11 aromatic carbocycles. The minimum absolute atomic E-state index is 0.167. The van der Waals surface area contributed by atoms with Crippen LogP contribution < -0.4 is 0 Å². The summed E-state index contributed by atoms with van der Waals surface area (Å²) in [5.41, 5.74) is 16.4. The molecule has 2 heteroatoms. The highest BCUT2D eigenvalue weighted by atomic mass is 15.0. The van der Waals surface area contributed by atoms with E-state index in [4.69, 9.17) is 0 Å². The van der Waals surface area contributed by atoms with Crippen LogP contribution in [0.15, 0.2) is 224 Å². The number of aromatic nitrogens is 2. The first-order valence-corrected chi connectivity index (χ1v) is 24.4. The number of hydrogen-bond donors (Lipinski definition) is 0. The van der Waals surface area contributed by atoms with Crippen molar-refractivity contribution in [3.63, 3.8) is 0 Å². The number of fused-ring (bicyclic) bond motifs is 15. The van der Waals surface area contributed by atoms with E-state index in [0.29, 0.717) is 0 Å². The first kappa shape index (κ1) is 38.6. The molecule has 1 unspecified atom stereocenters. The van der Waals surface area contributed by atoms with Gasteiger partial charge in [0, 0.05) is 38.2 Å². The van der Waals surface area contributed by atoms with Gasteiger partial charge in [0.2, 0.25) is 0 Å². The number of nitrogens with zero attached hydrogens (tertiary/aromatic N) is 2. The van der Waals surface area contributed by atoms with Gasteiger partial charge in [-0.3, -0.25) is 0 Å². The molecule has 0 N–H and O–H groups in total. The van der Waals surface area contributed by atoms with E-state index < -0.39 is 0 Å². The lowest BCUT2D eigenvalue weighted by Crippen LogP contribution is -2.14. The summed E-state index contributed by atoms with van der Waals surface area (Å²) in [5, 5.41) is 15.3. The van der Waals surface area contributed by atoms with Crippen molar-refractivity contribution in [1.29, 1.82) is 0 Å². The lowest BCUT2D eigenvalue weighted by molar-refractivity contribution is 0.648. The molecule has 2 aliphatic rings. The Labute approximate surface area is 400 Å². The third-order valence-corrected chi connectivity index (χ3v) is 16.0. The SMILES string of the molecule is CC1(C)c2ccccc2-c2cc3c(-c4ccc5c(c4)c4c6ccccc6ccc4n5C4C=CC=CC4)c4ccccc4c(-c4ccc5c(c4)c4c6ccccc6ccc4n5-c4ccccc4)c3cc21. The average molecular weight is 879 g/mol. The Hall–Kier alpha value is -8.46. The zero-order chi connectivity index (χ0) is 45.5. The minimum atomic E-state index is -0.167. The van der Waals surface area contributed by atoms with E-state index in [-0.39, 0.29) is 11.5 Å². The molecule has 2 heterocycles. The molecule has 0 fully saturated rings. The maximum Gasteiger partial charge on any atom is 0.0560 e. The first-order chi connectivity index (χ1) is 34.0. The van der Waals surface area contributed by atoms with Crippen molar-refractivity contribution in [3.8, 4) is 39.1 Å². The first-order valence-electron chi connectivity index (χ1n) is 24.4. The molecule has 0 spiro atoms. The van der Waals surface area contributed by atoms with Gasteiger partial charge in [-0.25, -0.2) is 0 Å². The van der Waals surface area contributed by atoms with Crippen LogP contribution in [0.2, 0.25) is 0 Å². The highest BCUT2D eigenvalue weighted by Gasteiger charge is 2.36. The van der Waals surface area contributed by atoms with Gasteiger partial charge in [-0.1, -0.05) is 178 Å². The Morgan fingerprint density at radius 1 is 0.406 bits per heavy atom. The van der Waals surface area contributed by atoms with Crippen molar-refractivity contribution in [3.05, 3.63) is 236 Å². The highest BCUT2D eigenvalue weighted by Crippen LogP contribution is 2.54. The molecule has 13 aromatic rings. The topological polar surface area (TPSA) is 9.86 Å². The Balaban J connectivity index is 1.07. The largest absolute Gasteiger partial charge is 0.333 e. The lowest BCUT2D eigenvalue weighted by Gasteiger charge is -2.24. The summed E-state index contributed by atoms with van der Waals surface area (Å²) in [4.78, 5) is 0. The van der Waals surface area contributed by atoms with Crippen molar-refractivity contribution in [1.82, 2.24) is 9.13 Å². The molecule has 0 amide bonds. The monoisotopic (exact) mass is 878 g/mol. The number of allylic oxidation sites excluding steroid dienone is 4. The molecule has 0 saturated carbocycles. The van der Waals surface area contributed by atoms with Crippen LogP contribution in [0.4, 0.5) is 0 Å². The fourth-order valence-corrected chi connectivity index (χ4v) is 12.9. The second kappa shape index (κ2) is 14.3. The van der Waals surface area contributed by atoms with Crippen molar-refractivity contribution >= 4 is 86.7 Å². The predicted octanol–water partition coefficient (Wildman–Crippen LogP) is 18.2. The van der Waals surface area contributed by atoms with E-state index >= 15 is 0 Å². The quantitative estimate of drug-likeness (QED) is 0.156. The standard InChI is InChI=1S/C67H46N2/c1-67(2)57-28-16-15-25-49(57)52-39-53-54(40-58(52)67)64(44-32-34-60-56(38-44)66-48-24-12-10-18-42(48)30-36-62(66)69(60)46-21-7-4-8-22-46)51-27-14-13-26-50(51)63(53)43-31-33-59-55(37-43)65-47-23-11-9-17-41(47)29-35-61(65)68(59)45-19-5-3-6-20-45/h3-19,21-40,45H,20H2,1-2H3. The van der Waals surface area contributed by atoms with Crippen LogP contribution in [0.1, 0.15) is 37.4 Å². The molecule has 0 bridgehead atoms. The summed E-state index contributed by atoms with van der Waals surface area (Å²) in [5.74, 6) is 0. The van der Waals surface area contributed by atoms with Crippen molar-refractivity contribution < 1.29 is 0 Å². The molecule has 0 radical (unpaired) electrons. The summed E-state index contributed by atoms with van der Waals surface area (Å²) in [6.07, 6.45) is 10.0. The third-order valence-electron chi connectivity index (χ3n) is 16.0. The van der Waals surface area contributed by atoms with E-state index in [0.717, 1.165) is 6.42 Å². The number of rotatable bonds is 4. The number of benzene rings is 11. The van der Waals surface area contributed by atoms with E-state index in [1.807, 2.05) is 0 Å². The molecule has 15 rings (SSSR count). The molecule has 0 saturated heterocycles. The van der Waals surface area contributed by atoms with E-state index in [1.165, 1.54) is 137 Å². The van der Waals surface area contributed by atoms with Crippen LogP contribution in [-0.4, -0.2) is 9.13 Å². The number of para-hydroxylation sites is 1. The molecular formula is C67H46N2. The van der Waals surface area contributed by atoms with Crippen LogP contribution in [-0.2, 0) is 5.41 Å². The van der Waals surface area contributed by atoms with Crippen molar-refractivity contribution in [2.24, 2.45) is 0 Å². The molecular weight excluding hydrogens is 833 g/mol. The third kappa shape index (κ3) is 5.37. The van der Waals surface area contributed by atoms with Gasteiger partial charge >= 0.3 is 0 Å². The molecule has 1 atom stereocenters. The van der Waals surface area contributed by atoms with Gasteiger partial charge in [-0.05, 0) is 155 Å². The van der Waals surface area contributed by atoms with Crippen molar-refractivity contribution in [2.75, 3.05) is 0 Å². The van der Waals surface area contributed by atoms with Crippen LogP contribution in [0.25, 0.3) is 126 Å². The summed E-state index contributed by atoms with van der Waals surface area (Å²) >= 11 is 0. The lowest BCUT2D eigenvalue weighted by atomic mass is 9.79. The Morgan fingerprint density at radius 3 is 1.67 bits per heavy atom. The van der Waals surface area contributed by atoms with Gasteiger partial charge in [0.15, 0.2) is 0 Å². The van der Waals surface area contributed by atoms with Gasteiger partial charge in [-0.15, -0.1) is 0 Å². The molecule has 0 aliphatic heterocycles.